The van der Waals surface area contributed by atoms with Crippen molar-refractivity contribution in [2.75, 3.05) is 0 Å². The Hall–Kier alpha value is 0.506. The molecule has 0 aliphatic rings. The first kappa shape index (κ1) is 436. The maximum Gasteiger partial charge on any atom is 3.00 e. The molecule has 0 unspecified atom stereocenters. The van der Waals surface area contributed by atoms with Crippen LogP contribution in [0.4, 0.5) is 0 Å². The smallest absolute Gasteiger partial charge is 0.358 e. The fraction of sp³-hybridized carbons (Fsp3) is 0.500. The molecule has 0 spiro atoms. The van der Waals surface area contributed by atoms with Gasteiger partial charge in [-0.1, -0.05) is 14.9 Å². The zero-order valence-corrected chi connectivity index (χ0v) is 3.37. The number of hydrogen-bond donors (Lipinski definition) is 0. The van der Waals surface area contributed by atoms with Crippen LogP contribution in [0.3, 0.4) is 0 Å². The minimum Gasteiger partial charge on any atom is -0.358 e. The maximum absolute atomic E-state index is 0. The van der Waals surface area contributed by atoms with E-state index in [2.05, 4.69) is 0 Å². The molecule has 0 aromatic rings. The molecule has 0 amide bonds. The Morgan fingerprint density at radius 1 is 0.600 bits per heavy atom. The summed E-state index contributed by atoms with van der Waals surface area (Å²) in [7, 11) is 0. The van der Waals surface area contributed by atoms with E-state index in [-0.39, 0.29) is 46.5 Å². The van der Waals surface area contributed by atoms with E-state index in [0.29, 0.717) is 0 Å². The van der Waals surface area contributed by atoms with Gasteiger partial charge in [0.1, 0.15) is 0 Å². The van der Waals surface area contributed by atoms with Gasteiger partial charge in [-0.2, -0.15) is 0 Å². The van der Waals surface area contributed by atoms with Crippen molar-refractivity contribution in [2.45, 2.75) is 14.9 Å². The van der Waals surface area contributed by atoms with Gasteiger partial charge in [0.15, 0.2) is 0 Å². The molecule has 0 nitrogen and oxygen atoms in total. The van der Waals surface area contributed by atoms with Gasteiger partial charge in [0.25, 0.3) is 0 Å². The molecule has 0 fully saturated rings. The fourth-order valence-electron chi connectivity index (χ4n) is 0. The first-order chi connectivity index (χ1) is 0. The van der Waals surface area contributed by atoms with Crippen molar-refractivity contribution in [1.29, 1.82) is 0 Å². The Morgan fingerprint density at radius 3 is 0.600 bits per heavy atom. The molecule has 0 aromatic carbocycles. The molecule has 0 aliphatic heterocycles. The number of hydrogen-bond acceptors (Lipinski definition) is 0. The van der Waals surface area contributed by atoms with Gasteiger partial charge in [0.2, 0.25) is 0 Å². The van der Waals surface area contributed by atoms with Gasteiger partial charge in [0.05, 0.1) is 0 Å². The van der Waals surface area contributed by atoms with Crippen LogP contribution in [-0.4, -0.2) is 0 Å². The van der Waals surface area contributed by atoms with Crippen molar-refractivity contribution in [3.05, 3.63) is 14.9 Å². The molecular weight excluding hydrogens is 107 g/mol. The topological polar surface area (TPSA) is 0 Å². The Morgan fingerprint density at radius 2 is 0.600 bits per heavy atom. The largest absolute Gasteiger partial charge is 3.00 e. The Labute approximate surface area is 47.2 Å². The first-order valence-corrected chi connectivity index (χ1v) is 0. The molecule has 5 heavy (non-hydrogen) atoms. The van der Waals surface area contributed by atoms with Crippen LogP contribution in [0.2, 0.25) is 0 Å². The summed E-state index contributed by atoms with van der Waals surface area (Å²) >= 11 is 0. The second-order valence-corrected chi connectivity index (χ2v) is 0. The summed E-state index contributed by atoms with van der Waals surface area (Å²) in [6, 6.07) is 0. The van der Waals surface area contributed by atoms with Crippen LogP contribution in [0.15, 0.2) is 0 Å². The quantitative estimate of drug-likeness (QED) is 0.431. The van der Waals surface area contributed by atoms with E-state index in [4.69, 9.17) is 0 Å². The van der Waals surface area contributed by atoms with Crippen LogP contribution in [0.25, 0.3) is 0 Å². The SMILES string of the molecule is C.C.[CH3-].[CH3-].[Co+3]. The monoisotopic (exact) mass is 121 g/mol. The zero-order chi connectivity index (χ0) is 0. The molecular formula is C4H14Co+. The van der Waals surface area contributed by atoms with Crippen LogP contribution >= 0.6 is 0 Å². The Kier molecular flexibility index (Phi) is 18800. The molecule has 0 heterocycles. The van der Waals surface area contributed by atoms with E-state index in [1.54, 1.807) is 0 Å². The van der Waals surface area contributed by atoms with Gasteiger partial charge in [-0.25, -0.2) is 0 Å². The second kappa shape index (κ2) is 216. The molecule has 0 bridgehead atoms. The molecule has 0 aromatic heterocycles. The predicted molar refractivity (Wildman–Crippen MR) is 26.3 cm³/mol. The summed E-state index contributed by atoms with van der Waals surface area (Å²) in [6.07, 6.45) is 0. The zero-order valence-electron chi connectivity index (χ0n) is 2.33. The van der Waals surface area contributed by atoms with E-state index in [0.717, 1.165) is 0 Å². The summed E-state index contributed by atoms with van der Waals surface area (Å²) in [5.41, 5.74) is 0. The van der Waals surface area contributed by atoms with Crippen molar-refractivity contribution in [1.82, 2.24) is 0 Å². The van der Waals surface area contributed by atoms with Crippen molar-refractivity contribution >= 4 is 0 Å². The van der Waals surface area contributed by atoms with Crippen molar-refractivity contribution in [3.63, 3.8) is 0 Å². The molecule has 0 atom stereocenters. The average molecular weight is 121 g/mol. The number of rotatable bonds is 0. The third kappa shape index (κ3) is 110. The summed E-state index contributed by atoms with van der Waals surface area (Å²) in [5, 5.41) is 0. The second-order valence-electron chi connectivity index (χ2n) is 0. The maximum atomic E-state index is 0. The third-order valence-electron chi connectivity index (χ3n) is 0. The third-order valence-corrected chi connectivity index (χ3v) is 0. The minimum atomic E-state index is 0. The van der Waals surface area contributed by atoms with Crippen LogP contribution in [0.1, 0.15) is 14.9 Å². The molecule has 0 rings (SSSR count). The van der Waals surface area contributed by atoms with Gasteiger partial charge in [0, 0.05) is 0 Å². The van der Waals surface area contributed by atoms with Crippen LogP contribution < -0.4 is 0 Å². The van der Waals surface area contributed by atoms with Gasteiger partial charge in [-0.05, 0) is 0 Å². The molecule has 38 valence electrons. The van der Waals surface area contributed by atoms with E-state index in [1.165, 1.54) is 0 Å². The molecule has 0 radical (unpaired) electrons. The van der Waals surface area contributed by atoms with Gasteiger partial charge >= 0.3 is 16.8 Å². The Bertz CT molecular complexity index is 3.61. The molecule has 0 aliphatic carbocycles. The van der Waals surface area contributed by atoms with Crippen LogP contribution in [0, 0.1) is 14.9 Å². The Balaban J connectivity index is 0. The minimum absolute atomic E-state index is 0. The molecule has 1 heteroatoms. The first-order valence-electron chi connectivity index (χ1n) is 0. The van der Waals surface area contributed by atoms with Crippen molar-refractivity contribution < 1.29 is 16.8 Å². The summed E-state index contributed by atoms with van der Waals surface area (Å²) < 4.78 is 0. The van der Waals surface area contributed by atoms with E-state index in [9.17, 15) is 0 Å². The summed E-state index contributed by atoms with van der Waals surface area (Å²) in [5.74, 6) is 0. The van der Waals surface area contributed by atoms with E-state index >= 15 is 0 Å². The predicted octanol–water partition coefficient (Wildman–Crippen LogP) is 2.17. The van der Waals surface area contributed by atoms with Crippen LogP contribution in [-0.2, 0) is 16.8 Å². The van der Waals surface area contributed by atoms with E-state index < -0.39 is 0 Å². The van der Waals surface area contributed by atoms with Crippen molar-refractivity contribution in [2.24, 2.45) is 0 Å². The standard InChI is InChI=1S/2CH4.2CH3.Co/h2*1H4;2*1H3;/q;;2*-1;+3. The molecule has 0 N–H and O–H groups in total. The van der Waals surface area contributed by atoms with E-state index in [1.807, 2.05) is 0 Å². The van der Waals surface area contributed by atoms with Gasteiger partial charge in [-0.3, -0.25) is 0 Å². The fourth-order valence-corrected chi connectivity index (χ4v) is 0. The van der Waals surface area contributed by atoms with Gasteiger partial charge in [-0.15, -0.1) is 0 Å². The normalized spacial score (nSPS) is 0. The molecule has 0 saturated heterocycles. The van der Waals surface area contributed by atoms with Crippen molar-refractivity contribution in [3.8, 4) is 0 Å². The summed E-state index contributed by atoms with van der Waals surface area (Å²) in [6.45, 7) is 0. The molecule has 0 saturated carbocycles. The van der Waals surface area contributed by atoms with Gasteiger partial charge < -0.3 is 14.9 Å². The summed E-state index contributed by atoms with van der Waals surface area (Å²) in [4.78, 5) is 0. The van der Waals surface area contributed by atoms with Crippen LogP contribution in [0.5, 0.6) is 0 Å². The average Bonchev–Trinajstić information content (AvgIpc) is 0.